The molecule has 1 aromatic carbocycles. The summed E-state index contributed by atoms with van der Waals surface area (Å²) in [6.45, 7) is 1.37. The Hall–Kier alpha value is -2.70. The molecular weight excluding hydrogens is 286 g/mol. The number of nitrogens with zero attached hydrogens (tertiary/aromatic N) is 3. The summed E-state index contributed by atoms with van der Waals surface area (Å²) in [5.74, 6) is -1.22. The highest BCUT2D eigenvalue weighted by atomic mass is 16.4. The second kappa shape index (κ2) is 5.59. The van der Waals surface area contributed by atoms with Gasteiger partial charge < -0.3 is 10.0 Å². The Labute approximate surface area is 125 Å². The topological polar surface area (TPSA) is 92.5 Å². The summed E-state index contributed by atoms with van der Waals surface area (Å²) >= 11 is 0. The number of hydrogen-bond acceptors (Lipinski definition) is 4. The zero-order valence-corrected chi connectivity index (χ0v) is 11.9. The first-order valence-electron chi connectivity index (χ1n) is 7.06. The molecule has 1 saturated heterocycles. The number of rotatable bonds is 3. The van der Waals surface area contributed by atoms with Crippen LogP contribution in [0.2, 0.25) is 0 Å². The number of carbonyl (C=O) groups excluding carboxylic acids is 1. The lowest BCUT2D eigenvalue weighted by Crippen LogP contribution is -2.34. The van der Waals surface area contributed by atoms with Gasteiger partial charge in [0.05, 0.1) is 22.8 Å². The lowest BCUT2D eigenvalue weighted by atomic mass is 10.1. The highest BCUT2D eigenvalue weighted by Crippen LogP contribution is 2.11. The molecule has 1 aliphatic heterocycles. The van der Waals surface area contributed by atoms with Crippen molar-refractivity contribution in [3.05, 3.63) is 40.4 Å². The third kappa shape index (κ3) is 2.57. The minimum atomic E-state index is -1.11. The summed E-state index contributed by atoms with van der Waals surface area (Å²) in [5.41, 5.74) is 0.0375. The lowest BCUT2D eigenvalue weighted by molar-refractivity contribution is -0.130. The largest absolute Gasteiger partial charge is 0.478 e. The molecule has 0 atom stereocenters. The Morgan fingerprint density at radius 1 is 1.23 bits per heavy atom. The van der Waals surface area contributed by atoms with Crippen molar-refractivity contribution in [2.75, 3.05) is 13.1 Å². The maximum Gasteiger partial charge on any atom is 0.335 e. The van der Waals surface area contributed by atoms with Crippen LogP contribution in [0.1, 0.15) is 23.2 Å². The van der Waals surface area contributed by atoms with Crippen LogP contribution < -0.4 is 5.56 Å². The van der Waals surface area contributed by atoms with Crippen molar-refractivity contribution < 1.29 is 14.7 Å². The maximum atomic E-state index is 12.4. The van der Waals surface area contributed by atoms with Gasteiger partial charge in [-0.15, -0.1) is 0 Å². The number of benzene rings is 1. The van der Waals surface area contributed by atoms with Crippen LogP contribution in [-0.2, 0) is 11.3 Å². The predicted octanol–water partition coefficient (Wildman–Crippen LogP) is 0.717. The summed E-state index contributed by atoms with van der Waals surface area (Å²) in [5, 5.41) is 9.21. The van der Waals surface area contributed by atoms with E-state index in [0.717, 1.165) is 25.9 Å². The van der Waals surface area contributed by atoms with Gasteiger partial charge in [-0.05, 0) is 31.0 Å². The quantitative estimate of drug-likeness (QED) is 0.901. The second-order valence-electron chi connectivity index (χ2n) is 5.30. The molecule has 7 heteroatoms. The molecule has 1 amide bonds. The summed E-state index contributed by atoms with van der Waals surface area (Å²) in [6, 6.07) is 4.19. The molecule has 1 fully saturated rings. The van der Waals surface area contributed by atoms with Crippen molar-refractivity contribution in [2.45, 2.75) is 19.4 Å². The Kier molecular flexibility index (Phi) is 3.62. The van der Waals surface area contributed by atoms with Crippen LogP contribution >= 0.6 is 0 Å². The fourth-order valence-corrected chi connectivity index (χ4v) is 2.62. The minimum Gasteiger partial charge on any atom is -0.478 e. The van der Waals surface area contributed by atoms with Crippen molar-refractivity contribution in [2.24, 2.45) is 0 Å². The Balaban J connectivity index is 1.96. The smallest absolute Gasteiger partial charge is 0.335 e. The van der Waals surface area contributed by atoms with Crippen molar-refractivity contribution >= 4 is 22.8 Å². The van der Waals surface area contributed by atoms with Crippen LogP contribution in [-0.4, -0.2) is 44.5 Å². The van der Waals surface area contributed by atoms with Crippen LogP contribution in [0.4, 0.5) is 0 Å². The van der Waals surface area contributed by atoms with E-state index in [4.69, 9.17) is 5.11 Å². The molecule has 1 N–H and O–H groups in total. The van der Waals surface area contributed by atoms with Gasteiger partial charge in [0.2, 0.25) is 5.91 Å². The average Bonchev–Trinajstić information content (AvgIpc) is 3.04. The molecule has 1 aromatic heterocycles. The first-order valence-corrected chi connectivity index (χ1v) is 7.06. The van der Waals surface area contributed by atoms with Gasteiger partial charge in [-0.3, -0.25) is 14.2 Å². The van der Waals surface area contributed by atoms with E-state index in [1.807, 2.05) is 0 Å². The normalized spacial score (nSPS) is 14.5. The summed E-state index contributed by atoms with van der Waals surface area (Å²) < 4.78 is 1.23. The molecule has 2 aromatic rings. The highest BCUT2D eigenvalue weighted by molar-refractivity contribution is 5.93. The highest BCUT2D eigenvalue weighted by Gasteiger charge is 2.19. The zero-order chi connectivity index (χ0) is 15.7. The van der Waals surface area contributed by atoms with Crippen LogP contribution in [0.5, 0.6) is 0 Å². The molecule has 0 radical (unpaired) electrons. The molecule has 0 spiro atoms. The fourth-order valence-electron chi connectivity index (χ4n) is 2.62. The molecule has 0 aliphatic carbocycles. The van der Waals surface area contributed by atoms with E-state index < -0.39 is 11.5 Å². The van der Waals surface area contributed by atoms with Gasteiger partial charge in [-0.25, -0.2) is 9.78 Å². The summed E-state index contributed by atoms with van der Waals surface area (Å²) in [6.07, 6.45) is 3.30. The van der Waals surface area contributed by atoms with Crippen LogP contribution in [0.15, 0.2) is 29.3 Å². The number of amides is 1. The van der Waals surface area contributed by atoms with Crippen LogP contribution in [0.25, 0.3) is 10.9 Å². The van der Waals surface area contributed by atoms with E-state index in [2.05, 4.69) is 4.98 Å². The van der Waals surface area contributed by atoms with E-state index in [0.29, 0.717) is 5.52 Å². The van der Waals surface area contributed by atoms with Gasteiger partial charge in [0, 0.05) is 13.1 Å². The molecule has 2 heterocycles. The number of likely N-dealkylation sites (tertiary alicyclic amines) is 1. The van der Waals surface area contributed by atoms with Gasteiger partial charge in [0.15, 0.2) is 0 Å². The molecule has 114 valence electrons. The average molecular weight is 301 g/mol. The molecule has 0 unspecified atom stereocenters. The molecule has 1 aliphatic rings. The maximum absolute atomic E-state index is 12.4. The van der Waals surface area contributed by atoms with E-state index in [1.54, 1.807) is 4.90 Å². The van der Waals surface area contributed by atoms with E-state index in [-0.39, 0.29) is 23.4 Å². The van der Waals surface area contributed by atoms with Crippen LogP contribution in [0, 0.1) is 0 Å². The molecule has 7 nitrogen and oxygen atoms in total. The van der Waals surface area contributed by atoms with Crippen molar-refractivity contribution in [1.82, 2.24) is 14.5 Å². The number of carboxylic acids is 1. The summed E-state index contributed by atoms with van der Waals surface area (Å²) in [7, 11) is 0. The van der Waals surface area contributed by atoms with Crippen molar-refractivity contribution in [3.63, 3.8) is 0 Å². The Morgan fingerprint density at radius 2 is 1.95 bits per heavy atom. The number of aromatic nitrogens is 2. The Bertz CT molecular complexity index is 806. The van der Waals surface area contributed by atoms with Crippen molar-refractivity contribution in [1.29, 1.82) is 0 Å². The number of carbonyl (C=O) groups is 2. The minimum absolute atomic E-state index is 0.0232. The van der Waals surface area contributed by atoms with Gasteiger partial charge in [-0.1, -0.05) is 0 Å². The third-order valence-electron chi connectivity index (χ3n) is 3.84. The Morgan fingerprint density at radius 3 is 2.64 bits per heavy atom. The number of fused-ring (bicyclic) bond motifs is 1. The zero-order valence-electron chi connectivity index (χ0n) is 11.9. The van der Waals surface area contributed by atoms with Gasteiger partial charge in [0.1, 0.15) is 6.54 Å². The predicted molar refractivity (Wildman–Crippen MR) is 78.8 cm³/mol. The monoisotopic (exact) mass is 301 g/mol. The van der Waals surface area contributed by atoms with E-state index in [9.17, 15) is 14.4 Å². The molecular formula is C15H15N3O4. The first-order chi connectivity index (χ1) is 10.6. The number of hydrogen-bond donors (Lipinski definition) is 1. The SMILES string of the molecule is O=C(O)c1ccc2ncn(CC(=O)N3CCCC3)c(=O)c2c1. The number of aromatic carboxylic acids is 1. The molecule has 22 heavy (non-hydrogen) atoms. The van der Waals surface area contributed by atoms with Gasteiger partial charge in [0.25, 0.3) is 5.56 Å². The van der Waals surface area contributed by atoms with E-state index >= 15 is 0 Å². The first kappa shape index (κ1) is 14.2. The van der Waals surface area contributed by atoms with Crippen LogP contribution in [0.3, 0.4) is 0 Å². The lowest BCUT2D eigenvalue weighted by Gasteiger charge is -2.15. The molecule has 0 bridgehead atoms. The molecule has 0 saturated carbocycles. The van der Waals surface area contributed by atoms with Gasteiger partial charge in [-0.2, -0.15) is 0 Å². The second-order valence-corrected chi connectivity index (χ2v) is 5.30. The van der Waals surface area contributed by atoms with Gasteiger partial charge >= 0.3 is 5.97 Å². The van der Waals surface area contributed by atoms with E-state index in [1.165, 1.54) is 29.1 Å². The fraction of sp³-hybridized carbons (Fsp3) is 0.333. The third-order valence-corrected chi connectivity index (χ3v) is 3.84. The standard InChI is InChI=1S/C15H15N3O4/c19-13(17-5-1-2-6-17)8-18-9-16-12-4-3-10(15(21)22)7-11(12)14(18)20/h3-4,7,9H,1-2,5-6,8H2,(H,21,22). The number of carboxylic acid groups (broad SMARTS) is 1. The molecule has 3 rings (SSSR count). The van der Waals surface area contributed by atoms with Crippen molar-refractivity contribution in [3.8, 4) is 0 Å². The summed E-state index contributed by atoms with van der Waals surface area (Å²) in [4.78, 5) is 41.4.